The Bertz CT molecular complexity index is 2740. The monoisotopic (exact) mass is 1280 g/mol. The van der Waals surface area contributed by atoms with Crippen LogP contribution >= 0.6 is 33.9 Å². The highest BCUT2D eigenvalue weighted by Crippen LogP contribution is 2.41. The average molecular weight is 1290 g/mol. The molecule has 0 bridgehead atoms. The van der Waals surface area contributed by atoms with Crippen LogP contribution in [0.5, 0.6) is 0 Å². The average Bonchev–Trinajstić information content (AvgIpc) is 4.08. The summed E-state index contributed by atoms with van der Waals surface area (Å²) < 4.78 is 86.2. The molecule has 6 rings (SSSR count). The molecule has 1 aliphatic heterocycles. The molecule has 1 saturated carbocycles. The molecule has 4 atom stereocenters. The van der Waals surface area contributed by atoms with Gasteiger partial charge in [0.2, 0.25) is 17.7 Å². The van der Waals surface area contributed by atoms with Crippen molar-refractivity contribution in [3.8, 4) is 10.4 Å². The van der Waals surface area contributed by atoms with Gasteiger partial charge in [-0.25, -0.2) is 28.0 Å². The standard InChI is InChI=1S/C56H73F4IN8O12S/c1-35-49(82-34-64-35)37-8-6-36(7-9-37)44(66-52(73)45-31-39(70)33-69(45)53(74)50(55(2,3)4)67-54(75)56(60)14-15-56)32-46(71)63-18-21-77-23-25-79-27-29-80-28-26-78-24-22-76-20-17-62-16-5-19-81-68-51(72)40-11-12-41(57)47(59)48(40)65-43-13-10-38(61)30-42(43)58/h6-13,30,34,39,44-45,50,62,65,70H,5,14-29,31-33H2,1-4H3,(H,63,71)(H,66,73)(H,67,75)(H,68,72)/t39-,44+,45+,50?/m1/s1. The molecule has 4 aromatic rings. The van der Waals surface area contributed by atoms with E-state index < -0.39 is 82.1 Å². The number of ether oxygens (including phenoxy) is 5. The second kappa shape index (κ2) is 32.6. The van der Waals surface area contributed by atoms with Crippen LogP contribution in [-0.2, 0) is 47.7 Å². The summed E-state index contributed by atoms with van der Waals surface area (Å²) in [5, 5.41) is 24.7. The third kappa shape index (κ3) is 20.4. The molecule has 20 nitrogen and oxygen atoms in total. The highest BCUT2D eigenvalue weighted by Gasteiger charge is 2.53. The van der Waals surface area contributed by atoms with Crippen molar-refractivity contribution in [2.45, 2.75) is 89.7 Å². The highest BCUT2D eigenvalue weighted by molar-refractivity contribution is 14.1. The van der Waals surface area contributed by atoms with Crippen LogP contribution in [0.3, 0.4) is 0 Å². The molecular weight excluding hydrogens is 1210 g/mol. The number of aliphatic hydroxyl groups excluding tert-OH is 1. The van der Waals surface area contributed by atoms with Gasteiger partial charge in [-0.3, -0.25) is 28.8 Å². The predicted octanol–water partition coefficient (Wildman–Crippen LogP) is 5.97. The summed E-state index contributed by atoms with van der Waals surface area (Å²) in [6.45, 7) is 11.7. The van der Waals surface area contributed by atoms with Gasteiger partial charge in [0.15, 0.2) is 17.3 Å². The first-order valence-corrected chi connectivity index (χ1v) is 29.0. The molecule has 1 saturated heterocycles. The number of aliphatic hydroxyl groups is 1. The van der Waals surface area contributed by atoms with Crippen molar-refractivity contribution in [3.63, 3.8) is 0 Å². The van der Waals surface area contributed by atoms with Crippen LogP contribution in [0, 0.1) is 33.4 Å². The lowest BCUT2D eigenvalue weighted by Gasteiger charge is -2.36. The van der Waals surface area contributed by atoms with E-state index in [-0.39, 0.29) is 75.8 Å². The minimum Gasteiger partial charge on any atom is -0.391 e. The van der Waals surface area contributed by atoms with Gasteiger partial charge >= 0.3 is 0 Å². The maximum absolute atomic E-state index is 14.7. The number of nitrogens with one attached hydrogen (secondary N) is 6. The van der Waals surface area contributed by atoms with E-state index in [0.717, 1.165) is 28.3 Å². The second-order valence-corrected chi connectivity index (χ2v) is 22.7. The number of carbonyl (C=O) groups is 5. The van der Waals surface area contributed by atoms with Gasteiger partial charge in [-0.05, 0) is 102 Å². The highest BCUT2D eigenvalue weighted by atomic mass is 127. The number of alkyl halides is 1. The lowest BCUT2D eigenvalue weighted by atomic mass is 9.85. The van der Waals surface area contributed by atoms with Crippen LogP contribution in [0.15, 0.2) is 60.1 Å². The Morgan fingerprint density at radius 1 is 0.817 bits per heavy atom. The van der Waals surface area contributed by atoms with Crippen LogP contribution in [0.2, 0.25) is 0 Å². The zero-order valence-corrected chi connectivity index (χ0v) is 49.3. The number of rotatable bonds is 35. The van der Waals surface area contributed by atoms with Gasteiger partial charge in [0.25, 0.3) is 11.8 Å². The number of hydrogen-bond donors (Lipinski definition) is 7. The van der Waals surface area contributed by atoms with Crippen LogP contribution in [0.25, 0.3) is 10.4 Å². The molecular formula is C56H73F4IN8O12S. The number of hydroxylamine groups is 1. The summed E-state index contributed by atoms with van der Waals surface area (Å²) >= 11 is 3.40. The topological polar surface area (TPSA) is 249 Å². The Kier molecular flexibility index (Phi) is 26.1. The number of aryl methyl sites for hydroxylation is 1. The molecule has 7 N–H and O–H groups in total. The van der Waals surface area contributed by atoms with Gasteiger partial charge in [-0.15, -0.1) is 11.3 Å². The fourth-order valence-corrected chi connectivity index (χ4v) is 9.75. The Morgan fingerprint density at radius 2 is 1.45 bits per heavy atom. The Labute approximate surface area is 491 Å². The van der Waals surface area contributed by atoms with E-state index in [0.29, 0.717) is 81.5 Å². The lowest BCUT2D eigenvalue weighted by molar-refractivity contribution is -0.145. The van der Waals surface area contributed by atoms with Gasteiger partial charge in [0, 0.05) is 29.6 Å². The van der Waals surface area contributed by atoms with Crippen molar-refractivity contribution < 1.29 is 75.2 Å². The third-order valence-electron chi connectivity index (χ3n) is 13.2. The van der Waals surface area contributed by atoms with E-state index in [2.05, 4.69) is 37.0 Å². The first-order valence-electron chi connectivity index (χ1n) is 27.0. The fourth-order valence-electron chi connectivity index (χ4n) is 8.48. The minimum absolute atomic E-state index is 0.0667. The number of thiazole rings is 1. The van der Waals surface area contributed by atoms with Crippen molar-refractivity contribution >= 4 is 74.8 Å². The SMILES string of the molecule is Cc1ncsc1-c1ccc([C@H](CC(=O)NCCOCCOCCOCCOCCOCCNCCCONC(=O)c2ccc(F)c(F)c2Nc2ccc(I)cc2F)NC(=O)[C@@H]2C[C@@H](O)CN2C(=O)C(NC(=O)C2(F)CC2)C(C)(C)C)cc1. The summed E-state index contributed by atoms with van der Waals surface area (Å²) in [6.07, 6.45) is -0.607. The van der Waals surface area contributed by atoms with Crippen molar-refractivity contribution in [2.24, 2.45) is 5.41 Å². The second-order valence-electron chi connectivity index (χ2n) is 20.6. The van der Waals surface area contributed by atoms with E-state index in [4.69, 9.17) is 28.5 Å². The number of hydrogen-bond acceptors (Lipinski definition) is 16. The van der Waals surface area contributed by atoms with Gasteiger partial charge in [0.05, 0.1) is 124 Å². The molecule has 1 unspecified atom stereocenters. The van der Waals surface area contributed by atoms with E-state index >= 15 is 0 Å². The molecule has 2 aliphatic rings. The van der Waals surface area contributed by atoms with Crippen molar-refractivity contribution in [1.29, 1.82) is 0 Å². The molecule has 5 amide bonds. The predicted molar refractivity (Wildman–Crippen MR) is 305 cm³/mol. The van der Waals surface area contributed by atoms with Crippen LogP contribution in [0.4, 0.5) is 28.9 Å². The Balaban J connectivity index is 0.783. The molecule has 0 spiro atoms. The minimum atomic E-state index is -2.02. The number of amides is 5. The number of halogens is 5. The quantitative estimate of drug-likeness (QED) is 0.0121. The Hall–Kier alpha value is -5.43. The maximum Gasteiger partial charge on any atom is 0.277 e. The van der Waals surface area contributed by atoms with Gasteiger partial charge in [-0.1, -0.05) is 45.0 Å². The van der Waals surface area contributed by atoms with Gasteiger partial charge < -0.3 is 60.3 Å². The molecule has 1 aliphatic carbocycles. The molecule has 26 heteroatoms. The van der Waals surface area contributed by atoms with Crippen LogP contribution in [-0.4, -0.2) is 167 Å². The molecule has 82 heavy (non-hydrogen) atoms. The molecule has 3 aromatic carbocycles. The van der Waals surface area contributed by atoms with Crippen molar-refractivity contribution in [3.05, 3.63) is 98.0 Å². The van der Waals surface area contributed by atoms with E-state index in [1.807, 2.05) is 53.8 Å². The lowest BCUT2D eigenvalue weighted by Crippen LogP contribution is -2.59. The number of aromatic nitrogens is 1. The fraction of sp³-hybridized carbons (Fsp3) is 0.536. The summed E-state index contributed by atoms with van der Waals surface area (Å²) in [7, 11) is 0. The summed E-state index contributed by atoms with van der Waals surface area (Å²) in [5.74, 6) is -6.53. The smallest absolute Gasteiger partial charge is 0.277 e. The molecule has 2 fully saturated rings. The van der Waals surface area contributed by atoms with E-state index in [9.17, 15) is 46.6 Å². The summed E-state index contributed by atoms with van der Waals surface area (Å²) in [4.78, 5) is 78.7. The molecule has 450 valence electrons. The molecule has 0 radical (unpaired) electrons. The first kappa shape index (κ1) is 65.7. The largest absolute Gasteiger partial charge is 0.391 e. The zero-order chi connectivity index (χ0) is 59.2. The van der Waals surface area contributed by atoms with Crippen molar-refractivity contribution in [1.82, 2.24) is 36.6 Å². The van der Waals surface area contributed by atoms with Crippen LogP contribution in [0.1, 0.15) is 80.5 Å². The Morgan fingerprint density at radius 3 is 2.05 bits per heavy atom. The normalized spacial score (nSPS) is 16.3. The molecule has 2 heterocycles. The zero-order valence-electron chi connectivity index (χ0n) is 46.4. The first-order chi connectivity index (χ1) is 39.2. The van der Waals surface area contributed by atoms with Crippen LogP contribution < -0.4 is 32.1 Å². The van der Waals surface area contributed by atoms with E-state index in [1.165, 1.54) is 28.4 Å². The number of likely N-dealkylation sites (tertiary alicyclic amines) is 1. The van der Waals surface area contributed by atoms with Gasteiger partial charge in [-0.2, -0.15) is 0 Å². The molecule has 1 aromatic heterocycles. The number of β-amino-alcohol motifs (C(OH)–C–C–N with tert-alkyl or cyclic N) is 1. The number of carbonyl (C=O) groups excluding carboxylic acids is 5. The summed E-state index contributed by atoms with van der Waals surface area (Å²) in [6, 6.07) is 10.3. The maximum atomic E-state index is 14.7. The number of anilines is 2. The third-order valence-corrected chi connectivity index (χ3v) is 14.8. The van der Waals surface area contributed by atoms with Gasteiger partial charge in [0.1, 0.15) is 17.9 Å². The number of nitrogens with zero attached hydrogens (tertiary/aromatic N) is 2. The van der Waals surface area contributed by atoms with E-state index in [1.54, 1.807) is 32.3 Å². The number of benzene rings is 3. The van der Waals surface area contributed by atoms with Crippen molar-refractivity contribution in [2.75, 3.05) is 104 Å². The summed E-state index contributed by atoms with van der Waals surface area (Å²) in [5.41, 5.74) is 2.57.